The van der Waals surface area contributed by atoms with Gasteiger partial charge in [0, 0.05) is 19.6 Å². The van der Waals surface area contributed by atoms with E-state index in [-0.39, 0.29) is 12.3 Å². The SMILES string of the molecule is O=C(O)[C@H](CC(=O)N1CCOCC1)NCc1ccccc1. The third-order valence-corrected chi connectivity index (χ3v) is 3.44. The summed E-state index contributed by atoms with van der Waals surface area (Å²) in [6.45, 7) is 2.52. The predicted octanol–water partition coefficient (Wildman–Crippen LogP) is 0.478. The van der Waals surface area contributed by atoms with Gasteiger partial charge in [-0.2, -0.15) is 0 Å². The number of hydrogen-bond donors (Lipinski definition) is 2. The van der Waals surface area contributed by atoms with E-state index in [4.69, 9.17) is 4.74 Å². The molecule has 6 heteroatoms. The molecular formula is C15H20N2O4. The number of benzene rings is 1. The summed E-state index contributed by atoms with van der Waals surface area (Å²) >= 11 is 0. The monoisotopic (exact) mass is 292 g/mol. The van der Waals surface area contributed by atoms with Gasteiger partial charge in [0.15, 0.2) is 0 Å². The van der Waals surface area contributed by atoms with E-state index in [1.54, 1.807) is 4.90 Å². The van der Waals surface area contributed by atoms with E-state index in [1.807, 2.05) is 30.3 Å². The molecule has 1 aromatic rings. The van der Waals surface area contributed by atoms with Crippen molar-refractivity contribution in [3.05, 3.63) is 35.9 Å². The highest BCUT2D eigenvalue weighted by Gasteiger charge is 2.25. The summed E-state index contributed by atoms with van der Waals surface area (Å²) in [4.78, 5) is 25.0. The highest BCUT2D eigenvalue weighted by Crippen LogP contribution is 2.05. The Bertz CT molecular complexity index is 472. The zero-order valence-corrected chi connectivity index (χ0v) is 11.8. The van der Waals surface area contributed by atoms with Gasteiger partial charge in [-0.25, -0.2) is 0 Å². The lowest BCUT2D eigenvalue weighted by atomic mass is 10.1. The molecule has 0 unspecified atom stereocenters. The van der Waals surface area contributed by atoms with Crippen LogP contribution in [0.3, 0.4) is 0 Å². The summed E-state index contributed by atoms with van der Waals surface area (Å²) < 4.78 is 5.18. The number of nitrogens with one attached hydrogen (secondary N) is 1. The minimum absolute atomic E-state index is 0.0395. The Kier molecular flexibility index (Phi) is 5.71. The first-order valence-corrected chi connectivity index (χ1v) is 7.02. The number of carboxylic acids is 1. The molecule has 0 bridgehead atoms. The maximum atomic E-state index is 12.1. The van der Waals surface area contributed by atoms with Crippen LogP contribution in [0.15, 0.2) is 30.3 Å². The molecule has 2 rings (SSSR count). The standard InChI is InChI=1S/C15H20N2O4/c18-14(17-6-8-21-9-7-17)10-13(15(19)20)16-11-12-4-2-1-3-5-12/h1-5,13,16H,6-11H2,(H,19,20)/t13-/m0/s1. The highest BCUT2D eigenvalue weighted by molar-refractivity contribution is 5.84. The van der Waals surface area contributed by atoms with Gasteiger partial charge in [0.2, 0.25) is 5.91 Å². The molecule has 0 aliphatic carbocycles. The van der Waals surface area contributed by atoms with Crippen molar-refractivity contribution in [2.75, 3.05) is 26.3 Å². The fourth-order valence-electron chi connectivity index (χ4n) is 2.20. The minimum Gasteiger partial charge on any atom is -0.480 e. The molecule has 1 aromatic carbocycles. The van der Waals surface area contributed by atoms with Crippen LogP contribution in [-0.4, -0.2) is 54.2 Å². The molecule has 6 nitrogen and oxygen atoms in total. The number of carbonyl (C=O) groups excluding carboxylic acids is 1. The van der Waals surface area contributed by atoms with Gasteiger partial charge in [-0.3, -0.25) is 14.9 Å². The molecule has 1 amide bonds. The third kappa shape index (κ3) is 4.84. The van der Waals surface area contributed by atoms with Crippen LogP contribution in [0.1, 0.15) is 12.0 Å². The third-order valence-electron chi connectivity index (χ3n) is 3.44. The average Bonchev–Trinajstić information content (AvgIpc) is 2.52. The predicted molar refractivity (Wildman–Crippen MR) is 76.7 cm³/mol. The summed E-state index contributed by atoms with van der Waals surface area (Å²) in [6.07, 6.45) is -0.0395. The Balaban J connectivity index is 1.86. The molecule has 0 aromatic heterocycles. The Hall–Kier alpha value is -1.92. The molecule has 0 spiro atoms. The number of carbonyl (C=O) groups is 2. The van der Waals surface area contributed by atoms with Crippen LogP contribution < -0.4 is 5.32 Å². The van der Waals surface area contributed by atoms with Crippen LogP contribution in [0, 0.1) is 0 Å². The normalized spacial score (nSPS) is 16.5. The number of rotatable bonds is 6. The van der Waals surface area contributed by atoms with E-state index in [0.29, 0.717) is 32.8 Å². The topological polar surface area (TPSA) is 78.9 Å². The lowest BCUT2D eigenvalue weighted by Crippen LogP contribution is -2.45. The Morgan fingerprint density at radius 3 is 2.52 bits per heavy atom. The lowest BCUT2D eigenvalue weighted by molar-refractivity contribution is -0.144. The molecular weight excluding hydrogens is 272 g/mol. The van der Waals surface area contributed by atoms with Gasteiger partial charge in [0.25, 0.3) is 0 Å². The number of carboxylic acid groups (broad SMARTS) is 1. The zero-order chi connectivity index (χ0) is 15.1. The Morgan fingerprint density at radius 1 is 1.24 bits per heavy atom. The molecule has 21 heavy (non-hydrogen) atoms. The largest absolute Gasteiger partial charge is 0.480 e. The van der Waals surface area contributed by atoms with Gasteiger partial charge in [-0.05, 0) is 5.56 Å². The number of hydrogen-bond acceptors (Lipinski definition) is 4. The van der Waals surface area contributed by atoms with Crippen LogP contribution in [-0.2, 0) is 20.9 Å². The first-order valence-electron chi connectivity index (χ1n) is 7.02. The van der Waals surface area contributed by atoms with Crippen molar-refractivity contribution in [1.82, 2.24) is 10.2 Å². The molecule has 1 atom stereocenters. The van der Waals surface area contributed by atoms with E-state index < -0.39 is 12.0 Å². The number of ether oxygens (including phenoxy) is 1. The van der Waals surface area contributed by atoms with Crippen LogP contribution in [0.5, 0.6) is 0 Å². The molecule has 1 heterocycles. The Labute approximate surface area is 123 Å². The fourth-order valence-corrected chi connectivity index (χ4v) is 2.20. The van der Waals surface area contributed by atoms with Crippen LogP contribution >= 0.6 is 0 Å². The molecule has 0 saturated carbocycles. The highest BCUT2D eigenvalue weighted by atomic mass is 16.5. The molecule has 1 aliphatic rings. The van der Waals surface area contributed by atoms with Crippen molar-refractivity contribution in [2.24, 2.45) is 0 Å². The summed E-state index contributed by atoms with van der Waals surface area (Å²) in [5.74, 6) is -1.15. The first kappa shape index (κ1) is 15.5. The van der Waals surface area contributed by atoms with Gasteiger partial charge >= 0.3 is 5.97 Å². The average molecular weight is 292 g/mol. The second-order valence-corrected chi connectivity index (χ2v) is 4.95. The van der Waals surface area contributed by atoms with E-state index >= 15 is 0 Å². The van der Waals surface area contributed by atoms with Crippen LogP contribution in [0.25, 0.3) is 0 Å². The van der Waals surface area contributed by atoms with E-state index in [0.717, 1.165) is 5.56 Å². The van der Waals surface area contributed by atoms with Crippen molar-refractivity contribution in [2.45, 2.75) is 19.0 Å². The van der Waals surface area contributed by atoms with Gasteiger partial charge in [0.1, 0.15) is 6.04 Å². The maximum Gasteiger partial charge on any atom is 0.321 e. The summed E-state index contributed by atoms with van der Waals surface area (Å²) in [7, 11) is 0. The molecule has 1 saturated heterocycles. The van der Waals surface area contributed by atoms with Crippen molar-refractivity contribution < 1.29 is 19.4 Å². The van der Waals surface area contributed by atoms with E-state index in [9.17, 15) is 14.7 Å². The second-order valence-electron chi connectivity index (χ2n) is 4.95. The van der Waals surface area contributed by atoms with Crippen molar-refractivity contribution in [3.8, 4) is 0 Å². The molecule has 0 radical (unpaired) electrons. The minimum atomic E-state index is -1.01. The van der Waals surface area contributed by atoms with Gasteiger partial charge in [-0.15, -0.1) is 0 Å². The van der Waals surface area contributed by atoms with E-state index in [1.165, 1.54) is 0 Å². The summed E-state index contributed by atoms with van der Waals surface area (Å²) in [6, 6.07) is 8.64. The summed E-state index contributed by atoms with van der Waals surface area (Å²) in [5, 5.41) is 12.2. The van der Waals surface area contributed by atoms with Crippen LogP contribution in [0.4, 0.5) is 0 Å². The van der Waals surface area contributed by atoms with Gasteiger partial charge < -0.3 is 14.7 Å². The first-order chi connectivity index (χ1) is 10.2. The molecule has 1 aliphatic heterocycles. The molecule has 1 fully saturated rings. The van der Waals surface area contributed by atoms with Crippen molar-refractivity contribution in [3.63, 3.8) is 0 Å². The summed E-state index contributed by atoms with van der Waals surface area (Å²) in [5.41, 5.74) is 0.988. The number of amides is 1. The van der Waals surface area contributed by atoms with Crippen molar-refractivity contribution in [1.29, 1.82) is 0 Å². The van der Waals surface area contributed by atoms with E-state index in [2.05, 4.69) is 5.32 Å². The number of aliphatic carboxylic acids is 1. The smallest absolute Gasteiger partial charge is 0.321 e. The lowest BCUT2D eigenvalue weighted by Gasteiger charge is -2.28. The number of nitrogens with zero attached hydrogens (tertiary/aromatic N) is 1. The van der Waals surface area contributed by atoms with Crippen LogP contribution in [0.2, 0.25) is 0 Å². The fraction of sp³-hybridized carbons (Fsp3) is 0.467. The molecule has 114 valence electrons. The molecule has 2 N–H and O–H groups in total. The maximum absolute atomic E-state index is 12.1. The quantitative estimate of drug-likeness (QED) is 0.797. The number of morpholine rings is 1. The van der Waals surface area contributed by atoms with Gasteiger partial charge in [0.05, 0.1) is 19.6 Å². The van der Waals surface area contributed by atoms with Gasteiger partial charge in [-0.1, -0.05) is 30.3 Å². The zero-order valence-electron chi connectivity index (χ0n) is 11.8. The second kappa shape index (κ2) is 7.75. The van der Waals surface area contributed by atoms with Crippen molar-refractivity contribution >= 4 is 11.9 Å². The Morgan fingerprint density at radius 2 is 1.90 bits per heavy atom.